The fraction of sp³-hybridized carbons (Fsp3) is 0.692. The number of H-pyrrole nitrogens is 1. The van der Waals surface area contributed by atoms with E-state index in [4.69, 9.17) is 4.74 Å². The molecule has 1 N–H and O–H groups in total. The number of nitrogens with zero attached hydrogens (tertiary/aromatic N) is 2. The predicted octanol–water partition coefficient (Wildman–Crippen LogP) is 1.75. The summed E-state index contributed by atoms with van der Waals surface area (Å²) in [6.07, 6.45) is 3.25. The fourth-order valence-electron chi connectivity index (χ4n) is 2.23. The first-order valence-corrected chi connectivity index (χ1v) is 6.63. The van der Waals surface area contributed by atoms with Gasteiger partial charge >= 0.3 is 0 Å². The zero-order chi connectivity index (χ0) is 13.0. The molecule has 1 atom stereocenters. The molecule has 2 heterocycles. The number of amides is 1. The molecule has 1 aromatic rings. The number of rotatable bonds is 4. The SMILES string of the molecule is CCCO[C@H]1CCCN(C(=O)c2cc(C)[nH]n2)C1. The van der Waals surface area contributed by atoms with E-state index in [9.17, 15) is 4.79 Å². The summed E-state index contributed by atoms with van der Waals surface area (Å²) in [5, 5.41) is 6.83. The number of carbonyl (C=O) groups excluding carboxylic acids is 1. The molecular formula is C13H21N3O2. The van der Waals surface area contributed by atoms with Crippen LogP contribution < -0.4 is 0 Å². The molecule has 0 bridgehead atoms. The van der Waals surface area contributed by atoms with Crippen molar-refractivity contribution in [2.75, 3.05) is 19.7 Å². The minimum absolute atomic E-state index is 0.00384. The lowest BCUT2D eigenvalue weighted by atomic mass is 10.1. The molecule has 0 aromatic carbocycles. The number of aromatic amines is 1. The maximum Gasteiger partial charge on any atom is 0.274 e. The minimum atomic E-state index is 0.00384. The van der Waals surface area contributed by atoms with Gasteiger partial charge in [-0.15, -0.1) is 0 Å². The first-order chi connectivity index (χ1) is 8.70. The summed E-state index contributed by atoms with van der Waals surface area (Å²) in [5.41, 5.74) is 1.41. The summed E-state index contributed by atoms with van der Waals surface area (Å²) in [6.45, 7) is 6.25. The van der Waals surface area contributed by atoms with Gasteiger partial charge < -0.3 is 9.64 Å². The van der Waals surface area contributed by atoms with Crippen molar-refractivity contribution in [1.29, 1.82) is 0 Å². The van der Waals surface area contributed by atoms with Gasteiger partial charge in [-0.2, -0.15) is 5.10 Å². The van der Waals surface area contributed by atoms with E-state index in [0.717, 1.165) is 38.1 Å². The van der Waals surface area contributed by atoms with Crippen molar-refractivity contribution in [2.24, 2.45) is 0 Å². The van der Waals surface area contributed by atoms with Gasteiger partial charge in [0.2, 0.25) is 0 Å². The molecule has 1 fully saturated rings. The molecule has 0 saturated carbocycles. The van der Waals surface area contributed by atoms with Gasteiger partial charge in [0.25, 0.3) is 5.91 Å². The van der Waals surface area contributed by atoms with Crippen LogP contribution in [0.2, 0.25) is 0 Å². The highest BCUT2D eigenvalue weighted by Gasteiger charge is 2.25. The first-order valence-electron chi connectivity index (χ1n) is 6.63. The molecule has 0 radical (unpaired) electrons. The van der Waals surface area contributed by atoms with Crippen LogP contribution in [-0.4, -0.2) is 46.8 Å². The molecule has 1 aliphatic heterocycles. The minimum Gasteiger partial charge on any atom is -0.376 e. The maximum atomic E-state index is 12.2. The summed E-state index contributed by atoms with van der Waals surface area (Å²) >= 11 is 0. The molecule has 5 nitrogen and oxygen atoms in total. The van der Waals surface area contributed by atoms with E-state index in [0.29, 0.717) is 12.2 Å². The number of aryl methyl sites for hydroxylation is 1. The van der Waals surface area contributed by atoms with Crippen LogP contribution in [0.3, 0.4) is 0 Å². The Labute approximate surface area is 108 Å². The van der Waals surface area contributed by atoms with Crippen molar-refractivity contribution in [3.63, 3.8) is 0 Å². The van der Waals surface area contributed by atoms with E-state index in [1.165, 1.54) is 0 Å². The zero-order valence-corrected chi connectivity index (χ0v) is 11.1. The fourth-order valence-corrected chi connectivity index (χ4v) is 2.23. The molecule has 100 valence electrons. The van der Waals surface area contributed by atoms with Crippen molar-refractivity contribution >= 4 is 5.91 Å². The molecule has 1 saturated heterocycles. The van der Waals surface area contributed by atoms with E-state index in [-0.39, 0.29) is 12.0 Å². The quantitative estimate of drug-likeness (QED) is 0.887. The summed E-state index contributed by atoms with van der Waals surface area (Å²) in [7, 11) is 0. The summed E-state index contributed by atoms with van der Waals surface area (Å²) in [5.74, 6) is 0.00384. The first kappa shape index (κ1) is 13.1. The summed E-state index contributed by atoms with van der Waals surface area (Å²) < 4.78 is 5.73. The number of piperidine rings is 1. The monoisotopic (exact) mass is 251 g/mol. The van der Waals surface area contributed by atoms with Crippen LogP contribution in [0.25, 0.3) is 0 Å². The van der Waals surface area contributed by atoms with Crippen LogP contribution in [-0.2, 0) is 4.74 Å². The van der Waals surface area contributed by atoms with Gasteiger partial charge in [-0.05, 0) is 32.3 Å². The Balaban J connectivity index is 1.94. The number of nitrogens with one attached hydrogen (secondary N) is 1. The largest absolute Gasteiger partial charge is 0.376 e. The molecule has 5 heteroatoms. The normalized spacial score (nSPS) is 20.1. The van der Waals surface area contributed by atoms with Crippen LogP contribution in [0.5, 0.6) is 0 Å². The number of ether oxygens (including phenoxy) is 1. The van der Waals surface area contributed by atoms with Crippen LogP contribution in [0.4, 0.5) is 0 Å². The molecule has 2 rings (SSSR count). The van der Waals surface area contributed by atoms with Crippen molar-refractivity contribution in [3.05, 3.63) is 17.5 Å². The van der Waals surface area contributed by atoms with Crippen molar-refractivity contribution in [3.8, 4) is 0 Å². The Kier molecular flexibility index (Phi) is 4.36. The summed E-state index contributed by atoms with van der Waals surface area (Å²) in [4.78, 5) is 14.1. The average Bonchev–Trinajstić information content (AvgIpc) is 2.82. The Morgan fingerprint density at radius 1 is 1.67 bits per heavy atom. The van der Waals surface area contributed by atoms with Crippen LogP contribution in [0.1, 0.15) is 42.4 Å². The van der Waals surface area contributed by atoms with Crippen molar-refractivity contribution in [1.82, 2.24) is 15.1 Å². The van der Waals surface area contributed by atoms with Crippen LogP contribution >= 0.6 is 0 Å². The van der Waals surface area contributed by atoms with Crippen LogP contribution in [0, 0.1) is 6.92 Å². The Morgan fingerprint density at radius 2 is 2.50 bits per heavy atom. The Hall–Kier alpha value is -1.36. The average molecular weight is 251 g/mol. The maximum absolute atomic E-state index is 12.2. The van der Waals surface area contributed by atoms with Gasteiger partial charge in [0, 0.05) is 25.4 Å². The van der Waals surface area contributed by atoms with Gasteiger partial charge in [0.15, 0.2) is 0 Å². The molecular weight excluding hydrogens is 230 g/mol. The second-order valence-corrected chi connectivity index (χ2v) is 4.82. The lowest BCUT2D eigenvalue weighted by Gasteiger charge is -2.32. The third-order valence-corrected chi connectivity index (χ3v) is 3.15. The van der Waals surface area contributed by atoms with Crippen LogP contribution in [0.15, 0.2) is 6.07 Å². The van der Waals surface area contributed by atoms with Crippen molar-refractivity contribution in [2.45, 2.75) is 39.2 Å². The van der Waals surface area contributed by atoms with Gasteiger partial charge in [-0.1, -0.05) is 6.92 Å². The lowest BCUT2D eigenvalue weighted by Crippen LogP contribution is -2.43. The topological polar surface area (TPSA) is 58.2 Å². The highest BCUT2D eigenvalue weighted by molar-refractivity contribution is 5.92. The third kappa shape index (κ3) is 3.10. The predicted molar refractivity (Wildman–Crippen MR) is 68.5 cm³/mol. The Morgan fingerprint density at radius 3 is 3.17 bits per heavy atom. The number of hydrogen-bond donors (Lipinski definition) is 1. The lowest BCUT2D eigenvalue weighted by molar-refractivity contribution is 0.00192. The molecule has 1 aliphatic rings. The van der Waals surface area contributed by atoms with E-state index in [1.54, 1.807) is 6.07 Å². The second kappa shape index (κ2) is 6.00. The number of carbonyl (C=O) groups is 1. The second-order valence-electron chi connectivity index (χ2n) is 4.82. The third-order valence-electron chi connectivity index (χ3n) is 3.15. The highest BCUT2D eigenvalue weighted by atomic mass is 16.5. The van der Waals surface area contributed by atoms with Gasteiger partial charge in [-0.25, -0.2) is 0 Å². The summed E-state index contributed by atoms with van der Waals surface area (Å²) in [6, 6.07) is 1.79. The van der Waals surface area contributed by atoms with Gasteiger partial charge in [-0.3, -0.25) is 9.89 Å². The van der Waals surface area contributed by atoms with E-state index in [1.807, 2.05) is 11.8 Å². The molecule has 1 amide bonds. The molecule has 0 unspecified atom stereocenters. The highest BCUT2D eigenvalue weighted by Crippen LogP contribution is 2.15. The molecule has 0 spiro atoms. The molecule has 18 heavy (non-hydrogen) atoms. The van der Waals surface area contributed by atoms with E-state index in [2.05, 4.69) is 17.1 Å². The molecule has 1 aromatic heterocycles. The number of aromatic nitrogens is 2. The van der Waals surface area contributed by atoms with Gasteiger partial charge in [0.1, 0.15) is 5.69 Å². The number of hydrogen-bond acceptors (Lipinski definition) is 3. The van der Waals surface area contributed by atoms with E-state index >= 15 is 0 Å². The van der Waals surface area contributed by atoms with E-state index < -0.39 is 0 Å². The Bertz CT molecular complexity index is 403. The van der Waals surface area contributed by atoms with Crippen molar-refractivity contribution < 1.29 is 9.53 Å². The zero-order valence-electron chi connectivity index (χ0n) is 11.1. The molecule has 0 aliphatic carbocycles. The number of likely N-dealkylation sites (tertiary alicyclic amines) is 1. The smallest absolute Gasteiger partial charge is 0.274 e. The van der Waals surface area contributed by atoms with Gasteiger partial charge in [0.05, 0.1) is 6.10 Å². The standard InChI is InChI=1S/C13H21N3O2/c1-3-7-18-11-5-4-6-16(9-11)13(17)12-8-10(2)14-15-12/h8,11H,3-7,9H2,1-2H3,(H,14,15)/t11-/m0/s1.